The number of hydrogen-bond donors (Lipinski definition) is 1. The van der Waals surface area contributed by atoms with Crippen molar-refractivity contribution in [3.05, 3.63) is 35.6 Å². The second kappa shape index (κ2) is 6.15. The predicted octanol–water partition coefficient (Wildman–Crippen LogP) is 2.29. The molecule has 1 N–H and O–H groups in total. The summed E-state index contributed by atoms with van der Waals surface area (Å²) in [6.45, 7) is 6.69. The molecule has 1 aliphatic rings. The van der Waals surface area contributed by atoms with Gasteiger partial charge in [0.05, 0.1) is 0 Å². The highest BCUT2D eigenvalue weighted by atomic mass is 19.1. The van der Waals surface area contributed by atoms with Gasteiger partial charge in [0.2, 0.25) is 0 Å². The van der Waals surface area contributed by atoms with Crippen molar-refractivity contribution in [1.29, 1.82) is 0 Å². The first-order valence-electron chi connectivity index (χ1n) is 6.87. The van der Waals surface area contributed by atoms with Gasteiger partial charge in [-0.3, -0.25) is 4.79 Å². The molecule has 104 valence electrons. The lowest BCUT2D eigenvalue weighted by atomic mass is 10.0. The van der Waals surface area contributed by atoms with Gasteiger partial charge in [0, 0.05) is 24.7 Å². The Labute approximate surface area is 113 Å². The maximum absolute atomic E-state index is 13.2. The van der Waals surface area contributed by atoms with Gasteiger partial charge in [0.25, 0.3) is 5.91 Å². The molecule has 0 aliphatic carbocycles. The zero-order valence-electron chi connectivity index (χ0n) is 11.5. The molecule has 0 spiro atoms. The first kappa shape index (κ1) is 14.0. The SMILES string of the molecule is CC(C)C1CNCCCN1C(=O)c1cccc(F)c1. The van der Waals surface area contributed by atoms with Crippen molar-refractivity contribution in [3.8, 4) is 0 Å². The summed E-state index contributed by atoms with van der Waals surface area (Å²) < 4.78 is 13.2. The molecule has 0 radical (unpaired) electrons. The van der Waals surface area contributed by atoms with Gasteiger partial charge in [-0.15, -0.1) is 0 Å². The van der Waals surface area contributed by atoms with Crippen LogP contribution < -0.4 is 5.32 Å². The summed E-state index contributed by atoms with van der Waals surface area (Å²) in [7, 11) is 0. The number of nitrogens with one attached hydrogen (secondary N) is 1. The van der Waals surface area contributed by atoms with Crippen LogP contribution in [0.3, 0.4) is 0 Å². The van der Waals surface area contributed by atoms with Crippen LogP contribution in [0.4, 0.5) is 4.39 Å². The van der Waals surface area contributed by atoms with Crippen LogP contribution in [-0.4, -0.2) is 36.5 Å². The minimum atomic E-state index is -0.361. The summed E-state index contributed by atoms with van der Waals surface area (Å²) in [6.07, 6.45) is 0.935. The van der Waals surface area contributed by atoms with Gasteiger partial charge in [-0.05, 0) is 37.1 Å². The van der Waals surface area contributed by atoms with Crippen molar-refractivity contribution in [2.75, 3.05) is 19.6 Å². The van der Waals surface area contributed by atoms with E-state index in [0.717, 1.165) is 26.1 Å². The van der Waals surface area contributed by atoms with Gasteiger partial charge in [-0.1, -0.05) is 19.9 Å². The Kier molecular flexibility index (Phi) is 4.53. The average Bonchev–Trinajstić information content (AvgIpc) is 2.63. The molecular weight excluding hydrogens is 243 g/mol. The molecule has 0 saturated carbocycles. The van der Waals surface area contributed by atoms with Crippen LogP contribution in [0.25, 0.3) is 0 Å². The third-order valence-electron chi connectivity index (χ3n) is 3.61. The zero-order chi connectivity index (χ0) is 13.8. The van der Waals surface area contributed by atoms with E-state index in [4.69, 9.17) is 0 Å². The second-order valence-corrected chi connectivity index (χ2v) is 5.38. The summed E-state index contributed by atoms with van der Waals surface area (Å²) in [5.41, 5.74) is 0.438. The monoisotopic (exact) mass is 264 g/mol. The van der Waals surface area contributed by atoms with E-state index in [1.165, 1.54) is 12.1 Å². The van der Waals surface area contributed by atoms with Crippen LogP contribution in [0.5, 0.6) is 0 Å². The number of carbonyl (C=O) groups excluding carboxylic acids is 1. The lowest BCUT2D eigenvalue weighted by Crippen LogP contribution is -2.46. The molecule has 0 bridgehead atoms. The minimum Gasteiger partial charge on any atom is -0.334 e. The van der Waals surface area contributed by atoms with Crippen LogP contribution in [0, 0.1) is 11.7 Å². The number of hydrogen-bond acceptors (Lipinski definition) is 2. The number of carbonyl (C=O) groups is 1. The summed E-state index contributed by atoms with van der Waals surface area (Å²) in [6, 6.07) is 6.11. The Morgan fingerprint density at radius 2 is 2.26 bits per heavy atom. The van der Waals surface area contributed by atoms with Crippen molar-refractivity contribution < 1.29 is 9.18 Å². The van der Waals surface area contributed by atoms with E-state index < -0.39 is 0 Å². The molecular formula is C15H21FN2O. The summed E-state index contributed by atoms with van der Waals surface area (Å²) in [5, 5.41) is 3.36. The maximum Gasteiger partial charge on any atom is 0.254 e. The first-order valence-corrected chi connectivity index (χ1v) is 6.87. The van der Waals surface area contributed by atoms with E-state index in [1.54, 1.807) is 12.1 Å². The van der Waals surface area contributed by atoms with E-state index in [1.807, 2.05) is 4.90 Å². The fourth-order valence-electron chi connectivity index (χ4n) is 2.54. The van der Waals surface area contributed by atoms with Crippen molar-refractivity contribution >= 4 is 5.91 Å². The summed E-state index contributed by atoms with van der Waals surface area (Å²) in [4.78, 5) is 14.4. The molecule has 2 rings (SSSR count). The topological polar surface area (TPSA) is 32.3 Å². The van der Waals surface area contributed by atoms with Gasteiger partial charge in [0.1, 0.15) is 5.82 Å². The second-order valence-electron chi connectivity index (χ2n) is 5.38. The molecule has 1 amide bonds. The predicted molar refractivity (Wildman–Crippen MR) is 73.5 cm³/mol. The highest BCUT2D eigenvalue weighted by Gasteiger charge is 2.28. The molecule has 1 atom stereocenters. The smallest absolute Gasteiger partial charge is 0.254 e. The standard InChI is InChI=1S/C15H21FN2O/c1-11(2)14-10-17-7-4-8-18(14)15(19)12-5-3-6-13(16)9-12/h3,5-6,9,11,14,17H,4,7-8,10H2,1-2H3. The molecule has 1 aliphatic heterocycles. The third-order valence-corrected chi connectivity index (χ3v) is 3.61. The number of nitrogens with zero attached hydrogens (tertiary/aromatic N) is 1. The Morgan fingerprint density at radius 1 is 1.47 bits per heavy atom. The minimum absolute atomic E-state index is 0.0677. The Hall–Kier alpha value is -1.42. The fourth-order valence-corrected chi connectivity index (χ4v) is 2.54. The number of rotatable bonds is 2. The van der Waals surface area contributed by atoms with E-state index in [-0.39, 0.29) is 17.8 Å². The third kappa shape index (κ3) is 3.32. The van der Waals surface area contributed by atoms with Crippen molar-refractivity contribution in [1.82, 2.24) is 10.2 Å². The Balaban J connectivity index is 2.23. The van der Waals surface area contributed by atoms with E-state index in [2.05, 4.69) is 19.2 Å². The van der Waals surface area contributed by atoms with Crippen LogP contribution >= 0.6 is 0 Å². The van der Waals surface area contributed by atoms with Crippen LogP contribution in [-0.2, 0) is 0 Å². The van der Waals surface area contributed by atoms with Gasteiger partial charge < -0.3 is 10.2 Å². The Morgan fingerprint density at radius 3 is 2.95 bits per heavy atom. The van der Waals surface area contributed by atoms with Gasteiger partial charge in [-0.2, -0.15) is 0 Å². The maximum atomic E-state index is 13.2. The average molecular weight is 264 g/mol. The fraction of sp³-hybridized carbons (Fsp3) is 0.533. The first-order chi connectivity index (χ1) is 9.09. The largest absolute Gasteiger partial charge is 0.334 e. The highest BCUT2D eigenvalue weighted by Crippen LogP contribution is 2.17. The number of halogens is 1. The summed E-state index contributed by atoms with van der Waals surface area (Å²) in [5.74, 6) is -0.0510. The van der Waals surface area contributed by atoms with Gasteiger partial charge in [0.15, 0.2) is 0 Å². The van der Waals surface area contributed by atoms with Crippen molar-refractivity contribution in [2.45, 2.75) is 26.3 Å². The van der Waals surface area contributed by atoms with Crippen molar-refractivity contribution in [3.63, 3.8) is 0 Å². The molecule has 0 aromatic heterocycles. The molecule has 4 heteroatoms. The Bertz CT molecular complexity index is 448. The van der Waals surface area contributed by atoms with Crippen molar-refractivity contribution in [2.24, 2.45) is 5.92 Å². The van der Waals surface area contributed by atoms with Gasteiger partial charge >= 0.3 is 0 Å². The number of benzene rings is 1. The van der Waals surface area contributed by atoms with E-state index in [0.29, 0.717) is 11.5 Å². The molecule has 1 unspecified atom stereocenters. The van der Waals surface area contributed by atoms with E-state index >= 15 is 0 Å². The normalized spacial score (nSPS) is 20.4. The molecule has 19 heavy (non-hydrogen) atoms. The zero-order valence-corrected chi connectivity index (χ0v) is 11.5. The molecule has 3 nitrogen and oxygen atoms in total. The molecule has 1 heterocycles. The lowest BCUT2D eigenvalue weighted by Gasteiger charge is -2.32. The lowest BCUT2D eigenvalue weighted by molar-refractivity contribution is 0.0645. The molecule has 1 aromatic carbocycles. The van der Waals surface area contributed by atoms with Crippen LogP contribution in [0.15, 0.2) is 24.3 Å². The van der Waals surface area contributed by atoms with Crippen LogP contribution in [0.1, 0.15) is 30.6 Å². The van der Waals surface area contributed by atoms with Crippen LogP contribution in [0.2, 0.25) is 0 Å². The number of amides is 1. The highest BCUT2D eigenvalue weighted by molar-refractivity contribution is 5.94. The summed E-state index contributed by atoms with van der Waals surface area (Å²) >= 11 is 0. The molecule has 1 aromatic rings. The molecule has 1 saturated heterocycles. The molecule has 1 fully saturated rings. The quantitative estimate of drug-likeness (QED) is 0.889. The van der Waals surface area contributed by atoms with Gasteiger partial charge in [-0.25, -0.2) is 4.39 Å². The van der Waals surface area contributed by atoms with E-state index in [9.17, 15) is 9.18 Å².